The third-order valence-electron chi connectivity index (χ3n) is 15.6. The highest BCUT2D eigenvalue weighted by atomic mass is 16.3. The van der Waals surface area contributed by atoms with Crippen LogP contribution < -0.4 is 5.32 Å². The third kappa shape index (κ3) is 55.1. The lowest BCUT2D eigenvalue weighted by atomic mass is 10.00. The lowest BCUT2D eigenvalue weighted by Gasteiger charge is -2.27. The fourth-order valence-electron chi connectivity index (χ4n) is 10.4. The highest BCUT2D eigenvalue weighted by molar-refractivity contribution is 5.80. The molecule has 0 aromatic heterocycles. The molecule has 0 saturated carbocycles. The quantitative estimate of drug-likeness (QED) is 0.0308. The zero-order valence-corrected chi connectivity index (χ0v) is 49.2. The van der Waals surface area contributed by atoms with E-state index in [0.717, 1.165) is 51.4 Å². The van der Waals surface area contributed by atoms with Gasteiger partial charge in [0.15, 0.2) is 0 Å². The molecule has 0 aliphatic heterocycles. The van der Waals surface area contributed by atoms with E-state index in [9.17, 15) is 25.2 Å². The van der Waals surface area contributed by atoms with Crippen molar-refractivity contribution in [2.24, 2.45) is 0 Å². The van der Waals surface area contributed by atoms with Crippen LogP contribution >= 0.6 is 0 Å². The normalized spacial score (nSPS) is 13.8. The molecule has 4 atom stereocenters. The minimum absolute atomic E-state index is 0.362. The molecular weight excluding hydrogens is 899 g/mol. The number of rotatable bonds is 61. The predicted molar refractivity (Wildman–Crippen MR) is 321 cm³/mol. The molecule has 6 nitrogen and oxygen atoms in total. The van der Waals surface area contributed by atoms with Crippen molar-refractivity contribution in [1.29, 1.82) is 0 Å². The number of carbonyl (C=O) groups excluding carboxylic acids is 1. The van der Waals surface area contributed by atoms with Gasteiger partial charge in [0.25, 0.3) is 0 Å². The topological polar surface area (TPSA) is 110 Å². The van der Waals surface area contributed by atoms with E-state index in [2.05, 4.69) is 55.6 Å². The molecule has 0 aliphatic carbocycles. The van der Waals surface area contributed by atoms with Crippen LogP contribution in [-0.4, -0.2) is 57.3 Å². The molecule has 0 aliphatic rings. The minimum Gasteiger partial charge on any atom is -0.394 e. The lowest BCUT2D eigenvalue weighted by molar-refractivity contribution is -0.132. The summed E-state index contributed by atoms with van der Waals surface area (Å²) < 4.78 is 0. The first-order valence-electron chi connectivity index (χ1n) is 32.9. The summed E-state index contributed by atoms with van der Waals surface area (Å²) in [7, 11) is 0. The standard InChI is InChI=1S/C67H129NO5/c1-3-5-7-9-11-13-15-17-19-21-23-25-27-29-30-31-32-33-34-35-37-38-40-42-44-46-48-50-52-54-56-58-60-64(70)66(72)63(62-69)68-67(73)65(71)61-59-57-55-53-51-49-47-45-43-41-39-36-28-26-24-22-20-18-16-14-12-10-8-6-4-2/h37-38,44,46,52,54,63-66,69-72H,3-36,39-43,45,47-51,53,55-62H2,1-2H3,(H,68,73)/b38-37+,46-44+,54-52+. The van der Waals surface area contributed by atoms with Crippen molar-refractivity contribution in [2.45, 2.75) is 379 Å². The SMILES string of the molecule is CCCCCCCCCCCCCCCCCCCCC/C=C/CC/C=C/CC/C=C/CCCC(O)C(O)C(CO)NC(=O)C(O)CCCCCCCCCCCCCCCCCCCCCCCCCCC. The first-order valence-corrected chi connectivity index (χ1v) is 32.9. The summed E-state index contributed by atoms with van der Waals surface area (Å²) in [5, 5.41) is 44.1. The molecule has 0 fully saturated rings. The van der Waals surface area contributed by atoms with Crippen molar-refractivity contribution in [3.8, 4) is 0 Å². The van der Waals surface area contributed by atoms with Gasteiger partial charge in [-0.25, -0.2) is 0 Å². The summed E-state index contributed by atoms with van der Waals surface area (Å²) in [4.78, 5) is 12.6. The Morgan fingerprint density at radius 3 is 0.863 bits per heavy atom. The molecule has 0 rings (SSSR count). The van der Waals surface area contributed by atoms with Gasteiger partial charge >= 0.3 is 0 Å². The molecule has 0 aromatic carbocycles. The van der Waals surface area contributed by atoms with Gasteiger partial charge < -0.3 is 25.7 Å². The Kier molecular flexibility index (Phi) is 60.1. The van der Waals surface area contributed by atoms with E-state index in [-0.39, 0.29) is 0 Å². The van der Waals surface area contributed by atoms with E-state index in [1.165, 1.54) is 270 Å². The van der Waals surface area contributed by atoms with Gasteiger partial charge in [0, 0.05) is 0 Å². The number of amides is 1. The van der Waals surface area contributed by atoms with Gasteiger partial charge in [0.2, 0.25) is 5.91 Å². The molecule has 0 radical (unpaired) electrons. The van der Waals surface area contributed by atoms with Crippen LogP contribution in [0.4, 0.5) is 0 Å². The van der Waals surface area contributed by atoms with Gasteiger partial charge in [-0.15, -0.1) is 0 Å². The number of carbonyl (C=O) groups is 1. The Hall–Kier alpha value is -1.47. The summed E-state index contributed by atoms with van der Waals surface area (Å²) in [5.41, 5.74) is 0. The van der Waals surface area contributed by atoms with Crippen LogP contribution in [0.25, 0.3) is 0 Å². The van der Waals surface area contributed by atoms with Gasteiger partial charge in [-0.1, -0.05) is 326 Å². The van der Waals surface area contributed by atoms with Crippen LogP contribution in [-0.2, 0) is 4.79 Å². The summed E-state index contributed by atoms with van der Waals surface area (Å²) in [6.45, 7) is 4.09. The highest BCUT2D eigenvalue weighted by Gasteiger charge is 2.28. The van der Waals surface area contributed by atoms with Crippen LogP contribution in [0, 0.1) is 0 Å². The number of hydrogen-bond donors (Lipinski definition) is 5. The summed E-state index contributed by atoms with van der Waals surface area (Å²) in [5.74, 6) is -0.593. The van der Waals surface area contributed by atoms with Crippen molar-refractivity contribution in [2.75, 3.05) is 6.61 Å². The Labute approximate surface area is 456 Å². The Bertz CT molecular complexity index is 1150. The molecule has 1 amide bonds. The van der Waals surface area contributed by atoms with Crippen molar-refractivity contribution in [3.63, 3.8) is 0 Å². The van der Waals surface area contributed by atoms with Crippen LogP contribution in [0.2, 0.25) is 0 Å². The number of hydrogen-bond acceptors (Lipinski definition) is 5. The van der Waals surface area contributed by atoms with Crippen LogP contribution in [0.1, 0.15) is 354 Å². The van der Waals surface area contributed by atoms with Crippen LogP contribution in [0.3, 0.4) is 0 Å². The number of aliphatic hydroxyl groups is 4. The second kappa shape index (κ2) is 61.4. The largest absolute Gasteiger partial charge is 0.394 e. The Morgan fingerprint density at radius 1 is 0.329 bits per heavy atom. The molecular formula is C67H129NO5. The maximum atomic E-state index is 12.6. The lowest BCUT2D eigenvalue weighted by Crippen LogP contribution is -2.53. The van der Waals surface area contributed by atoms with Gasteiger partial charge in [-0.3, -0.25) is 4.79 Å². The smallest absolute Gasteiger partial charge is 0.249 e. The maximum Gasteiger partial charge on any atom is 0.249 e. The molecule has 73 heavy (non-hydrogen) atoms. The van der Waals surface area contributed by atoms with E-state index in [1.807, 2.05) is 0 Å². The molecule has 4 unspecified atom stereocenters. The van der Waals surface area contributed by atoms with Crippen molar-refractivity contribution < 1.29 is 25.2 Å². The molecule has 0 bridgehead atoms. The maximum absolute atomic E-state index is 12.6. The molecule has 6 heteroatoms. The van der Waals surface area contributed by atoms with Crippen molar-refractivity contribution in [1.82, 2.24) is 5.32 Å². The average Bonchev–Trinajstić information content (AvgIpc) is 3.40. The first kappa shape index (κ1) is 71.5. The van der Waals surface area contributed by atoms with Crippen LogP contribution in [0.5, 0.6) is 0 Å². The zero-order chi connectivity index (χ0) is 53.0. The van der Waals surface area contributed by atoms with Crippen molar-refractivity contribution >= 4 is 5.91 Å². The monoisotopic (exact) mass is 1030 g/mol. The second-order valence-corrected chi connectivity index (χ2v) is 22.8. The fraction of sp³-hybridized carbons (Fsp3) is 0.896. The Morgan fingerprint density at radius 2 is 0.575 bits per heavy atom. The minimum atomic E-state index is -1.29. The average molecular weight is 1030 g/mol. The van der Waals surface area contributed by atoms with Gasteiger partial charge in [0.1, 0.15) is 12.2 Å². The predicted octanol–water partition coefficient (Wildman–Crippen LogP) is 19.9. The van der Waals surface area contributed by atoms with Crippen LogP contribution in [0.15, 0.2) is 36.5 Å². The number of nitrogens with one attached hydrogen (secondary N) is 1. The van der Waals surface area contributed by atoms with E-state index in [1.54, 1.807) is 0 Å². The number of allylic oxidation sites excluding steroid dienone is 6. The van der Waals surface area contributed by atoms with E-state index >= 15 is 0 Å². The summed E-state index contributed by atoms with van der Waals surface area (Å²) in [6.07, 6.45) is 78.3. The highest BCUT2D eigenvalue weighted by Crippen LogP contribution is 2.19. The molecule has 5 N–H and O–H groups in total. The first-order chi connectivity index (χ1) is 36.0. The van der Waals surface area contributed by atoms with E-state index in [0.29, 0.717) is 19.3 Å². The third-order valence-corrected chi connectivity index (χ3v) is 15.6. The van der Waals surface area contributed by atoms with Gasteiger partial charge in [-0.2, -0.15) is 0 Å². The number of aliphatic hydroxyl groups excluding tert-OH is 4. The van der Waals surface area contributed by atoms with Gasteiger partial charge in [0.05, 0.1) is 18.8 Å². The van der Waals surface area contributed by atoms with Gasteiger partial charge in [-0.05, 0) is 64.2 Å². The Balaban J connectivity index is 3.63. The molecule has 0 heterocycles. The number of unbranched alkanes of at least 4 members (excludes halogenated alkanes) is 46. The molecule has 0 saturated heterocycles. The van der Waals surface area contributed by atoms with E-state index < -0.39 is 36.9 Å². The molecule has 0 spiro atoms. The summed E-state index contributed by atoms with van der Waals surface area (Å²) >= 11 is 0. The van der Waals surface area contributed by atoms with E-state index in [4.69, 9.17) is 0 Å². The summed E-state index contributed by atoms with van der Waals surface area (Å²) in [6, 6.07) is -1.01. The van der Waals surface area contributed by atoms with Crippen molar-refractivity contribution in [3.05, 3.63) is 36.5 Å². The molecule has 0 aromatic rings. The fourth-order valence-corrected chi connectivity index (χ4v) is 10.4. The second-order valence-electron chi connectivity index (χ2n) is 22.8. The molecule has 432 valence electrons. The zero-order valence-electron chi connectivity index (χ0n) is 49.2.